The molecule has 0 saturated carbocycles. The molecular weight excluding hydrogens is 440 g/mol. The molecule has 2 aliphatic heterocycles. The number of alkyl halides is 3. The normalized spacial score (nSPS) is 18.0. The van der Waals surface area contributed by atoms with Crippen LogP contribution in [0.5, 0.6) is 0 Å². The van der Waals surface area contributed by atoms with Gasteiger partial charge in [-0.25, -0.2) is 14.2 Å². The Morgan fingerprint density at radius 1 is 1.29 bits per heavy atom. The lowest BCUT2D eigenvalue weighted by Gasteiger charge is -2.30. The van der Waals surface area contributed by atoms with E-state index in [-0.39, 0.29) is 23.8 Å². The van der Waals surface area contributed by atoms with Gasteiger partial charge in [-0.05, 0) is 41.5 Å². The first-order valence-corrected chi connectivity index (χ1v) is 9.10. The summed E-state index contributed by atoms with van der Waals surface area (Å²) in [4.78, 5) is 30.0. The number of aromatic nitrogens is 1. The zero-order chi connectivity index (χ0) is 22.7. The van der Waals surface area contributed by atoms with Crippen LogP contribution in [0.4, 0.5) is 23.2 Å². The van der Waals surface area contributed by atoms with Crippen molar-refractivity contribution in [2.24, 2.45) is 0 Å². The van der Waals surface area contributed by atoms with E-state index in [2.05, 4.69) is 4.98 Å². The first kappa shape index (κ1) is 20.7. The Hall–Kier alpha value is -3.59. The predicted octanol–water partition coefficient (Wildman–Crippen LogP) is 2.87. The lowest BCUT2D eigenvalue weighted by molar-refractivity contribution is -0.138. The second kappa shape index (κ2) is 6.98. The number of halogens is 4. The molecule has 2 aliphatic rings. The molecule has 1 N–H and O–H groups in total. The summed E-state index contributed by atoms with van der Waals surface area (Å²) < 4.78 is 53.9. The summed E-state index contributed by atoms with van der Waals surface area (Å²) in [5.41, 5.74) is -2.06. The predicted molar refractivity (Wildman–Crippen MR) is 100 cm³/mol. The highest BCUT2D eigenvalue weighted by Crippen LogP contribution is 2.37. The van der Waals surface area contributed by atoms with Crippen LogP contribution < -0.4 is 4.90 Å². The summed E-state index contributed by atoms with van der Waals surface area (Å²) in [5.74, 6) is -3.03. The van der Waals surface area contributed by atoms with Crippen molar-refractivity contribution in [1.29, 1.82) is 5.26 Å². The molecule has 4 rings (SSSR count). The topological polar surface area (TPSA) is 97.5 Å². The van der Waals surface area contributed by atoms with Gasteiger partial charge in [0.25, 0.3) is 5.91 Å². The first-order chi connectivity index (χ1) is 14.5. The summed E-state index contributed by atoms with van der Waals surface area (Å²) in [5, 5.41) is 17.9. The Kier molecular flexibility index (Phi) is 4.66. The van der Waals surface area contributed by atoms with Crippen molar-refractivity contribution in [3.8, 4) is 6.07 Å². The van der Waals surface area contributed by atoms with E-state index in [0.717, 1.165) is 23.2 Å². The summed E-state index contributed by atoms with van der Waals surface area (Å²) in [6.07, 6.45) is -3.92. The molecule has 1 unspecified atom stereocenters. The molecular formula is C19H10F4N4O3S. The highest BCUT2D eigenvalue weighted by atomic mass is 32.1. The number of hydrogen-bond acceptors (Lipinski definition) is 5. The Balaban J connectivity index is 1.73. The molecule has 7 nitrogen and oxygen atoms in total. The first-order valence-electron chi connectivity index (χ1n) is 8.69. The maximum atomic E-state index is 14.1. The number of carboxylic acid groups (broad SMARTS) is 1. The van der Waals surface area contributed by atoms with Crippen molar-refractivity contribution in [2.75, 3.05) is 4.90 Å². The van der Waals surface area contributed by atoms with E-state index < -0.39 is 46.7 Å². The molecule has 1 atom stereocenters. The van der Waals surface area contributed by atoms with E-state index in [1.54, 1.807) is 0 Å². The minimum absolute atomic E-state index is 0.00252. The standard InChI is InChI=1S/C19H10F4N4O3S/c20-13-2-8-3-15-16(28)27(10-4-12(19(21,22)23)14(5-24)25-6-10)18(31)26(15)7-9(8)1-11(13)17(29)30/h1-2,4,6,15H,3,7H2,(H,29,30). The monoisotopic (exact) mass is 450 g/mol. The Morgan fingerprint density at radius 3 is 2.61 bits per heavy atom. The minimum Gasteiger partial charge on any atom is -0.478 e. The second-order valence-electron chi connectivity index (χ2n) is 6.91. The van der Waals surface area contributed by atoms with Crippen LogP contribution in [-0.2, 0) is 23.9 Å². The van der Waals surface area contributed by atoms with Crippen LogP contribution in [0.25, 0.3) is 0 Å². The number of hydrogen-bond donors (Lipinski definition) is 1. The van der Waals surface area contributed by atoms with Crippen LogP contribution in [0.15, 0.2) is 24.4 Å². The number of carbonyl (C=O) groups is 2. The fourth-order valence-electron chi connectivity index (χ4n) is 3.68. The van der Waals surface area contributed by atoms with Gasteiger partial charge in [-0.15, -0.1) is 0 Å². The van der Waals surface area contributed by atoms with Crippen LogP contribution in [-0.4, -0.2) is 38.0 Å². The van der Waals surface area contributed by atoms with Crippen LogP contribution in [0.2, 0.25) is 0 Å². The Bertz CT molecular complexity index is 1210. The van der Waals surface area contributed by atoms with Crippen LogP contribution in [0, 0.1) is 17.1 Å². The number of pyridine rings is 1. The molecule has 1 fully saturated rings. The summed E-state index contributed by atoms with van der Waals surface area (Å²) >= 11 is 5.30. The molecule has 0 bridgehead atoms. The zero-order valence-corrected chi connectivity index (χ0v) is 16.1. The van der Waals surface area contributed by atoms with Gasteiger partial charge >= 0.3 is 12.1 Å². The average molecular weight is 450 g/mol. The molecule has 0 radical (unpaired) electrons. The summed E-state index contributed by atoms with van der Waals surface area (Å²) in [6.45, 7) is -0.0164. The second-order valence-corrected chi connectivity index (χ2v) is 7.27. The molecule has 0 spiro atoms. The quantitative estimate of drug-likeness (QED) is 0.555. The molecule has 0 aliphatic carbocycles. The molecule has 3 heterocycles. The number of rotatable bonds is 2. The molecule has 1 aromatic carbocycles. The fraction of sp³-hybridized carbons (Fsp3) is 0.211. The number of nitriles is 1. The molecule has 158 valence electrons. The number of anilines is 1. The molecule has 12 heteroatoms. The molecule has 31 heavy (non-hydrogen) atoms. The number of aromatic carboxylic acids is 1. The number of carbonyl (C=O) groups excluding carboxylic acids is 1. The van der Waals surface area contributed by atoms with E-state index in [1.807, 2.05) is 0 Å². The third-order valence-electron chi connectivity index (χ3n) is 5.14. The van der Waals surface area contributed by atoms with E-state index in [1.165, 1.54) is 11.0 Å². The van der Waals surface area contributed by atoms with Crippen LogP contribution in [0.1, 0.15) is 32.7 Å². The average Bonchev–Trinajstić information content (AvgIpc) is 2.94. The van der Waals surface area contributed by atoms with Crippen molar-refractivity contribution >= 4 is 34.9 Å². The number of nitrogens with zero attached hydrogens (tertiary/aromatic N) is 4. The van der Waals surface area contributed by atoms with E-state index in [4.69, 9.17) is 22.6 Å². The summed E-state index contributed by atoms with van der Waals surface area (Å²) in [7, 11) is 0. The SMILES string of the molecule is N#Cc1ncc(N2C(=O)C3Cc4cc(F)c(C(=O)O)cc4CN3C2=S)cc1C(F)(F)F. The van der Waals surface area contributed by atoms with E-state index >= 15 is 0 Å². The number of benzene rings is 1. The van der Waals surface area contributed by atoms with E-state index in [9.17, 15) is 27.2 Å². The number of carboxylic acids is 1. The largest absolute Gasteiger partial charge is 0.478 e. The van der Waals surface area contributed by atoms with Gasteiger partial charge in [-0.1, -0.05) is 0 Å². The number of fused-ring (bicyclic) bond motifs is 2. The minimum atomic E-state index is -4.87. The van der Waals surface area contributed by atoms with Crippen molar-refractivity contribution in [3.63, 3.8) is 0 Å². The highest BCUT2D eigenvalue weighted by molar-refractivity contribution is 7.80. The van der Waals surface area contributed by atoms with Gasteiger partial charge in [0.2, 0.25) is 0 Å². The van der Waals surface area contributed by atoms with Crippen LogP contribution in [0.3, 0.4) is 0 Å². The van der Waals surface area contributed by atoms with Gasteiger partial charge in [-0.3, -0.25) is 9.69 Å². The Morgan fingerprint density at radius 2 is 2.00 bits per heavy atom. The van der Waals surface area contributed by atoms with Crippen molar-refractivity contribution in [1.82, 2.24) is 9.88 Å². The smallest absolute Gasteiger partial charge is 0.419 e. The van der Waals surface area contributed by atoms with E-state index in [0.29, 0.717) is 17.2 Å². The maximum Gasteiger partial charge on any atom is 0.419 e. The highest BCUT2D eigenvalue weighted by Gasteiger charge is 2.46. The van der Waals surface area contributed by atoms with Crippen molar-refractivity contribution in [3.05, 3.63) is 58.2 Å². The van der Waals surface area contributed by atoms with Gasteiger partial charge in [0.05, 0.1) is 23.0 Å². The third-order valence-corrected chi connectivity index (χ3v) is 5.55. The molecule has 2 aromatic rings. The summed E-state index contributed by atoms with van der Waals surface area (Å²) in [6, 6.07) is 3.30. The fourth-order valence-corrected chi connectivity index (χ4v) is 4.07. The lowest BCUT2D eigenvalue weighted by atomic mass is 9.92. The molecule has 1 saturated heterocycles. The molecule has 1 aromatic heterocycles. The van der Waals surface area contributed by atoms with Crippen molar-refractivity contribution in [2.45, 2.75) is 25.2 Å². The maximum absolute atomic E-state index is 14.1. The van der Waals surface area contributed by atoms with Gasteiger partial charge in [0, 0.05) is 13.0 Å². The van der Waals surface area contributed by atoms with Gasteiger partial charge < -0.3 is 10.0 Å². The number of amides is 1. The van der Waals surface area contributed by atoms with Gasteiger partial charge in [0.1, 0.15) is 17.9 Å². The van der Waals surface area contributed by atoms with Crippen molar-refractivity contribution < 1.29 is 32.3 Å². The van der Waals surface area contributed by atoms with Gasteiger partial charge in [-0.2, -0.15) is 18.4 Å². The lowest BCUT2D eigenvalue weighted by Crippen LogP contribution is -2.40. The number of thiocarbonyl (C=S) groups is 1. The van der Waals surface area contributed by atoms with Crippen LogP contribution >= 0.6 is 12.2 Å². The third kappa shape index (κ3) is 3.27. The zero-order valence-electron chi connectivity index (χ0n) is 15.3. The molecule has 1 amide bonds. The Labute approximate surface area is 177 Å². The van der Waals surface area contributed by atoms with Gasteiger partial charge in [0.15, 0.2) is 10.8 Å².